The Morgan fingerprint density at radius 3 is 1.97 bits per heavy atom. The number of urea groups is 1. The Balaban J connectivity index is 1.73. The number of phenols is 1. The number of aromatic hydroxyl groups is 1. The maximum atomic E-state index is 13.1. The van der Waals surface area contributed by atoms with Gasteiger partial charge in [-0.15, -0.1) is 0 Å². The molecule has 4 rings (SSSR count). The van der Waals surface area contributed by atoms with Crippen molar-refractivity contribution in [3.05, 3.63) is 90.5 Å². The van der Waals surface area contributed by atoms with Gasteiger partial charge in [0, 0.05) is 5.69 Å². The second kappa shape index (κ2) is 7.47. The van der Waals surface area contributed by atoms with Gasteiger partial charge in [0.05, 0.1) is 5.69 Å². The molecular formula is C22H16N2O5. The van der Waals surface area contributed by atoms with Gasteiger partial charge in [0.2, 0.25) is 0 Å². The zero-order chi connectivity index (χ0) is 20.4. The molecule has 1 unspecified atom stereocenters. The van der Waals surface area contributed by atoms with E-state index in [0.717, 1.165) is 9.80 Å². The summed E-state index contributed by atoms with van der Waals surface area (Å²) in [6.07, 6.45) is -1.50. The summed E-state index contributed by atoms with van der Waals surface area (Å²) in [6, 6.07) is 22.1. The van der Waals surface area contributed by atoms with Crippen LogP contribution in [0.3, 0.4) is 0 Å². The monoisotopic (exact) mass is 388 g/mol. The van der Waals surface area contributed by atoms with E-state index in [1.165, 1.54) is 12.1 Å². The molecule has 0 saturated carbocycles. The molecule has 0 aromatic heterocycles. The number of amides is 3. The van der Waals surface area contributed by atoms with Crippen molar-refractivity contribution in [1.82, 2.24) is 0 Å². The van der Waals surface area contributed by atoms with Gasteiger partial charge in [-0.2, -0.15) is 0 Å². The number of hydrogen-bond donors (Lipinski definition) is 1. The Labute approximate surface area is 166 Å². The Hall–Kier alpha value is -4.13. The molecule has 1 saturated heterocycles. The van der Waals surface area contributed by atoms with Crippen molar-refractivity contribution in [3.63, 3.8) is 0 Å². The molecule has 0 bridgehead atoms. The van der Waals surface area contributed by atoms with E-state index in [1.807, 2.05) is 0 Å². The lowest BCUT2D eigenvalue weighted by molar-refractivity contribution is -0.124. The molecule has 0 radical (unpaired) electrons. The largest absolute Gasteiger partial charge is 0.507 e. The van der Waals surface area contributed by atoms with Gasteiger partial charge in [-0.25, -0.2) is 19.4 Å². The molecule has 0 spiro atoms. The van der Waals surface area contributed by atoms with Crippen LogP contribution in [-0.4, -0.2) is 29.2 Å². The molecule has 3 aromatic rings. The number of carbonyl (C=O) groups is 3. The summed E-state index contributed by atoms with van der Waals surface area (Å²) < 4.78 is 5.39. The molecule has 1 N–H and O–H groups in total. The number of nitrogens with zero attached hydrogens (tertiary/aromatic N) is 2. The molecule has 3 amide bonds. The highest BCUT2D eigenvalue weighted by Crippen LogP contribution is 2.31. The average Bonchev–Trinajstić information content (AvgIpc) is 2.99. The molecule has 0 aliphatic carbocycles. The Morgan fingerprint density at radius 1 is 0.793 bits per heavy atom. The van der Waals surface area contributed by atoms with Gasteiger partial charge in [0.1, 0.15) is 11.3 Å². The maximum Gasteiger partial charge on any atom is 0.344 e. The minimum absolute atomic E-state index is 0.0982. The first-order valence-corrected chi connectivity index (χ1v) is 8.84. The molecule has 1 aliphatic heterocycles. The molecule has 7 heteroatoms. The highest BCUT2D eigenvalue weighted by molar-refractivity contribution is 6.28. The summed E-state index contributed by atoms with van der Waals surface area (Å²) >= 11 is 0. The quantitative estimate of drug-likeness (QED) is 0.546. The Morgan fingerprint density at radius 2 is 1.34 bits per heavy atom. The number of benzene rings is 3. The summed E-state index contributed by atoms with van der Waals surface area (Å²) in [4.78, 5) is 40.9. The van der Waals surface area contributed by atoms with Crippen molar-refractivity contribution in [2.75, 3.05) is 9.80 Å². The fourth-order valence-corrected chi connectivity index (χ4v) is 3.09. The third kappa shape index (κ3) is 3.29. The Bertz CT molecular complexity index is 1070. The van der Waals surface area contributed by atoms with Crippen molar-refractivity contribution in [2.45, 2.75) is 6.23 Å². The molecular weight excluding hydrogens is 372 g/mol. The van der Waals surface area contributed by atoms with E-state index in [1.54, 1.807) is 72.8 Å². The van der Waals surface area contributed by atoms with Crippen LogP contribution in [0.5, 0.6) is 5.75 Å². The van der Waals surface area contributed by atoms with E-state index in [4.69, 9.17) is 4.74 Å². The normalized spacial score (nSPS) is 16.2. The van der Waals surface area contributed by atoms with Crippen molar-refractivity contribution < 1.29 is 24.2 Å². The standard InChI is InChI=1S/C22H16N2O5/c25-18-14-8-7-13-17(18)21(27)29-20-19(26)23(15-9-3-1-4-10-15)22(28)24(20)16-11-5-2-6-12-16/h1-14,20,25H. The van der Waals surface area contributed by atoms with Gasteiger partial charge in [0.15, 0.2) is 0 Å². The van der Waals surface area contributed by atoms with Crippen molar-refractivity contribution in [1.29, 1.82) is 0 Å². The zero-order valence-corrected chi connectivity index (χ0v) is 15.1. The second-order valence-corrected chi connectivity index (χ2v) is 6.27. The highest BCUT2D eigenvalue weighted by atomic mass is 16.6. The lowest BCUT2D eigenvalue weighted by Gasteiger charge is -2.21. The van der Waals surface area contributed by atoms with Crippen molar-refractivity contribution in [3.8, 4) is 5.75 Å². The van der Waals surface area contributed by atoms with Crippen LogP contribution in [-0.2, 0) is 9.53 Å². The molecule has 1 fully saturated rings. The number of anilines is 2. The van der Waals surface area contributed by atoms with Crippen LogP contribution in [0.4, 0.5) is 16.2 Å². The molecule has 1 heterocycles. The smallest absolute Gasteiger partial charge is 0.344 e. The van der Waals surface area contributed by atoms with Crippen LogP contribution in [0, 0.1) is 0 Å². The molecule has 1 aliphatic rings. The number of esters is 1. The first-order chi connectivity index (χ1) is 14.1. The number of ether oxygens (including phenoxy) is 1. The molecule has 7 nitrogen and oxygen atoms in total. The first-order valence-electron chi connectivity index (χ1n) is 8.84. The number of hydrogen-bond acceptors (Lipinski definition) is 5. The maximum absolute atomic E-state index is 13.1. The SMILES string of the molecule is O=C(OC1C(=O)N(c2ccccc2)C(=O)N1c1ccccc1)c1ccccc1O. The van der Waals surface area contributed by atoms with Gasteiger partial charge in [-0.3, -0.25) is 4.79 Å². The van der Waals surface area contributed by atoms with Crippen LogP contribution in [0.1, 0.15) is 10.4 Å². The van der Waals surface area contributed by atoms with Crippen LogP contribution >= 0.6 is 0 Å². The second-order valence-electron chi connectivity index (χ2n) is 6.27. The van der Waals surface area contributed by atoms with E-state index >= 15 is 0 Å². The summed E-state index contributed by atoms with van der Waals surface area (Å²) in [5.41, 5.74) is 0.669. The summed E-state index contributed by atoms with van der Waals surface area (Å²) in [5.74, 6) is -1.89. The van der Waals surface area contributed by atoms with Gasteiger partial charge in [0.25, 0.3) is 12.1 Å². The molecule has 29 heavy (non-hydrogen) atoms. The third-order valence-corrected chi connectivity index (χ3v) is 4.45. The van der Waals surface area contributed by atoms with Crippen LogP contribution < -0.4 is 9.80 Å². The van der Waals surface area contributed by atoms with E-state index in [-0.39, 0.29) is 11.3 Å². The lowest BCUT2D eigenvalue weighted by atomic mass is 10.2. The molecule has 144 valence electrons. The van der Waals surface area contributed by atoms with E-state index < -0.39 is 24.1 Å². The van der Waals surface area contributed by atoms with Crippen molar-refractivity contribution in [2.24, 2.45) is 0 Å². The van der Waals surface area contributed by atoms with Crippen molar-refractivity contribution >= 4 is 29.3 Å². The summed E-state index contributed by atoms with van der Waals surface area (Å²) in [5, 5.41) is 9.91. The predicted molar refractivity (Wildman–Crippen MR) is 106 cm³/mol. The minimum Gasteiger partial charge on any atom is -0.507 e. The van der Waals surface area contributed by atoms with Crippen LogP contribution in [0.2, 0.25) is 0 Å². The van der Waals surface area contributed by atoms with E-state index in [0.29, 0.717) is 11.4 Å². The molecule has 1 atom stereocenters. The molecule has 3 aromatic carbocycles. The van der Waals surface area contributed by atoms with Crippen LogP contribution in [0.15, 0.2) is 84.9 Å². The van der Waals surface area contributed by atoms with Gasteiger partial charge in [-0.1, -0.05) is 48.5 Å². The Kier molecular flexibility index (Phi) is 4.70. The highest BCUT2D eigenvalue weighted by Gasteiger charge is 2.49. The van der Waals surface area contributed by atoms with Gasteiger partial charge >= 0.3 is 12.0 Å². The summed E-state index contributed by atoms with van der Waals surface area (Å²) in [7, 11) is 0. The number of imide groups is 1. The topological polar surface area (TPSA) is 87.2 Å². The third-order valence-electron chi connectivity index (χ3n) is 4.45. The number of para-hydroxylation sites is 3. The van der Waals surface area contributed by atoms with Gasteiger partial charge < -0.3 is 9.84 Å². The number of carbonyl (C=O) groups excluding carboxylic acids is 3. The van der Waals surface area contributed by atoms with E-state index in [2.05, 4.69) is 0 Å². The van der Waals surface area contributed by atoms with Crippen LogP contribution in [0.25, 0.3) is 0 Å². The minimum atomic E-state index is -1.50. The first kappa shape index (κ1) is 18.2. The summed E-state index contributed by atoms with van der Waals surface area (Å²) in [6.45, 7) is 0. The fourth-order valence-electron chi connectivity index (χ4n) is 3.09. The zero-order valence-electron chi connectivity index (χ0n) is 15.1. The fraction of sp³-hybridized carbons (Fsp3) is 0.0455. The average molecular weight is 388 g/mol. The number of phenolic OH excluding ortho intramolecular Hbond substituents is 1. The number of rotatable bonds is 4. The van der Waals surface area contributed by atoms with E-state index in [9.17, 15) is 19.5 Å². The lowest BCUT2D eigenvalue weighted by Crippen LogP contribution is -2.38. The predicted octanol–water partition coefficient (Wildman–Crippen LogP) is 3.55. The van der Waals surface area contributed by atoms with Gasteiger partial charge in [-0.05, 0) is 36.4 Å².